The molecule has 3 nitrogen and oxygen atoms in total. The molecule has 104 valence electrons. The van der Waals surface area contributed by atoms with Crippen LogP contribution in [0.15, 0.2) is 47.4 Å². The van der Waals surface area contributed by atoms with E-state index in [-0.39, 0.29) is 5.97 Å². The van der Waals surface area contributed by atoms with Gasteiger partial charge in [0.15, 0.2) is 0 Å². The van der Waals surface area contributed by atoms with Gasteiger partial charge in [-0.3, -0.25) is 0 Å². The number of thioether (sulfide) groups is 1. The van der Waals surface area contributed by atoms with E-state index >= 15 is 0 Å². The average molecular weight is 287 g/mol. The van der Waals surface area contributed by atoms with Crippen molar-refractivity contribution < 1.29 is 9.53 Å². The van der Waals surface area contributed by atoms with Crippen molar-refractivity contribution in [1.29, 1.82) is 0 Å². The number of ether oxygens (including phenoxy) is 1. The summed E-state index contributed by atoms with van der Waals surface area (Å²) in [7, 11) is 1.38. The van der Waals surface area contributed by atoms with Gasteiger partial charge in [0, 0.05) is 16.3 Å². The quantitative estimate of drug-likeness (QED) is 0.530. The predicted octanol–water partition coefficient (Wildman–Crippen LogP) is 3.66. The molecule has 0 saturated heterocycles. The minimum absolute atomic E-state index is 0.313. The van der Waals surface area contributed by atoms with Crippen molar-refractivity contribution in [3.05, 3.63) is 59.2 Å². The topological polar surface area (TPSA) is 52.3 Å². The van der Waals surface area contributed by atoms with Gasteiger partial charge in [0.2, 0.25) is 0 Å². The number of methoxy groups -OCH3 is 1. The number of rotatable bonds is 4. The van der Waals surface area contributed by atoms with Crippen molar-refractivity contribution in [1.82, 2.24) is 0 Å². The number of esters is 1. The lowest BCUT2D eigenvalue weighted by Crippen LogP contribution is -2.00. The van der Waals surface area contributed by atoms with E-state index in [1.54, 1.807) is 23.9 Å². The number of benzene rings is 2. The van der Waals surface area contributed by atoms with Crippen LogP contribution in [0.5, 0.6) is 0 Å². The molecule has 0 fully saturated rings. The van der Waals surface area contributed by atoms with Gasteiger partial charge in [-0.1, -0.05) is 24.3 Å². The first-order valence-electron chi connectivity index (χ1n) is 6.27. The molecule has 0 saturated carbocycles. The highest BCUT2D eigenvalue weighted by atomic mass is 32.2. The minimum atomic E-state index is -0.313. The number of hydrogen-bond donors (Lipinski definition) is 1. The molecular formula is C16H17NO2S. The fourth-order valence-electron chi connectivity index (χ4n) is 1.80. The smallest absolute Gasteiger partial charge is 0.337 e. The molecule has 4 heteroatoms. The second-order valence-corrected chi connectivity index (χ2v) is 5.48. The van der Waals surface area contributed by atoms with E-state index in [4.69, 9.17) is 5.73 Å². The Hall–Kier alpha value is -1.94. The molecular weight excluding hydrogens is 270 g/mol. The van der Waals surface area contributed by atoms with E-state index in [2.05, 4.69) is 4.74 Å². The van der Waals surface area contributed by atoms with Crippen LogP contribution in [-0.2, 0) is 10.5 Å². The normalized spacial score (nSPS) is 10.3. The molecule has 0 aliphatic carbocycles. The molecule has 0 spiro atoms. The molecule has 0 unspecified atom stereocenters. The molecule has 20 heavy (non-hydrogen) atoms. The molecule has 0 aliphatic rings. The van der Waals surface area contributed by atoms with E-state index < -0.39 is 0 Å². The molecule has 0 atom stereocenters. The third kappa shape index (κ3) is 3.33. The van der Waals surface area contributed by atoms with Gasteiger partial charge in [0.05, 0.1) is 12.7 Å². The Morgan fingerprint density at radius 1 is 1.20 bits per heavy atom. The molecule has 0 heterocycles. The zero-order valence-corrected chi connectivity index (χ0v) is 12.4. The second-order valence-electron chi connectivity index (χ2n) is 4.46. The van der Waals surface area contributed by atoms with Crippen LogP contribution in [0.25, 0.3) is 0 Å². The highest BCUT2D eigenvalue weighted by molar-refractivity contribution is 7.98. The summed E-state index contributed by atoms with van der Waals surface area (Å²) in [5, 5.41) is 0. The number of aryl methyl sites for hydroxylation is 1. The number of carbonyl (C=O) groups excluding carboxylic acids is 1. The molecule has 2 N–H and O–H groups in total. The van der Waals surface area contributed by atoms with Crippen LogP contribution >= 0.6 is 11.8 Å². The maximum atomic E-state index is 11.3. The Morgan fingerprint density at radius 2 is 1.90 bits per heavy atom. The number of carbonyl (C=O) groups is 1. The summed E-state index contributed by atoms with van der Waals surface area (Å²) in [6.45, 7) is 2.00. The summed E-state index contributed by atoms with van der Waals surface area (Å²) in [4.78, 5) is 12.4. The lowest BCUT2D eigenvalue weighted by molar-refractivity contribution is 0.0600. The summed E-state index contributed by atoms with van der Waals surface area (Å²) in [5.41, 5.74) is 9.69. The van der Waals surface area contributed by atoms with E-state index in [9.17, 15) is 4.79 Å². The van der Waals surface area contributed by atoms with Crippen LogP contribution in [0.2, 0.25) is 0 Å². The molecule has 0 radical (unpaired) electrons. The predicted molar refractivity (Wildman–Crippen MR) is 82.9 cm³/mol. The van der Waals surface area contributed by atoms with Gasteiger partial charge in [0.25, 0.3) is 0 Å². The van der Waals surface area contributed by atoms with Gasteiger partial charge < -0.3 is 10.5 Å². The molecule has 0 aromatic heterocycles. The largest absolute Gasteiger partial charge is 0.465 e. The van der Waals surface area contributed by atoms with Crippen molar-refractivity contribution in [2.75, 3.05) is 12.8 Å². The first-order chi connectivity index (χ1) is 9.61. The Bertz CT molecular complexity index is 608. The molecule has 0 aliphatic heterocycles. The third-order valence-electron chi connectivity index (χ3n) is 3.05. The molecule has 2 aromatic carbocycles. The Labute approximate surface area is 123 Å². The van der Waals surface area contributed by atoms with Gasteiger partial charge in [0.1, 0.15) is 0 Å². The summed E-state index contributed by atoms with van der Waals surface area (Å²) < 4.78 is 4.67. The number of para-hydroxylation sites is 1. The van der Waals surface area contributed by atoms with Gasteiger partial charge >= 0.3 is 5.97 Å². The van der Waals surface area contributed by atoms with Gasteiger partial charge in [-0.05, 0) is 36.2 Å². The zero-order valence-electron chi connectivity index (χ0n) is 11.6. The van der Waals surface area contributed by atoms with E-state index in [0.717, 1.165) is 27.5 Å². The Kier molecular flexibility index (Phi) is 4.69. The molecule has 2 rings (SSSR count). The van der Waals surface area contributed by atoms with Crippen LogP contribution in [0.1, 0.15) is 21.5 Å². The maximum Gasteiger partial charge on any atom is 0.337 e. The average Bonchev–Trinajstić information content (AvgIpc) is 2.48. The SMILES string of the molecule is COC(=O)c1ccc(CSc2cccc(C)c2N)cc1. The highest BCUT2D eigenvalue weighted by Gasteiger charge is 2.06. The van der Waals surface area contributed by atoms with Gasteiger partial charge in [-0.2, -0.15) is 0 Å². The number of nitrogens with two attached hydrogens (primary N) is 1. The first kappa shape index (κ1) is 14.5. The zero-order chi connectivity index (χ0) is 14.5. The van der Waals surface area contributed by atoms with E-state index in [1.807, 2.05) is 37.3 Å². The lowest BCUT2D eigenvalue weighted by atomic mass is 10.1. The van der Waals surface area contributed by atoms with Crippen LogP contribution in [0, 0.1) is 6.92 Å². The minimum Gasteiger partial charge on any atom is -0.465 e. The van der Waals surface area contributed by atoms with Crippen molar-refractivity contribution in [2.45, 2.75) is 17.6 Å². The monoisotopic (exact) mass is 287 g/mol. The number of anilines is 1. The fraction of sp³-hybridized carbons (Fsp3) is 0.188. The third-order valence-corrected chi connectivity index (χ3v) is 4.20. The maximum absolute atomic E-state index is 11.3. The van der Waals surface area contributed by atoms with E-state index in [0.29, 0.717) is 5.56 Å². The van der Waals surface area contributed by atoms with Crippen LogP contribution in [0.3, 0.4) is 0 Å². The summed E-state index contributed by atoms with van der Waals surface area (Å²) in [6.07, 6.45) is 0. The van der Waals surface area contributed by atoms with Crippen molar-refractivity contribution in [3.8, 4) is 0 Å². The number of nitrogen functional groups attached to an aromatic ring is 1. The summed E-state index contributed by atoms with van der Waals surface area (Å²) in [5.74, 6) is 0.502. The Balaban J connectivity index is 2.04. The van der Waals surface area contributed by atoms with Crippen LogP contribution in [-0.4, -0.2) is 13.1 Å². The first-order valence-corrected chi connectivity index (χ1v) is 7.25. The summed E-state index contributed by atoms with van der Waals surface area (Å²) in [6, 6.07) is 13.5. The van der Waals surface area contributed by atoms with Crippen molar-refractivity contribution in [2.24, 2.45) is 0 Å². The fourth-order valence-corrected chi connectivity index (χ4v) is 2.80. The van der Waals surface area contributed by atoms with E-state index in [1.165, 1.54) is 7.11 Å². The second kappa shape index (κ2) is 6.48. The number of hydrogen-bond acceptors (Lipinski definition) is 4. The Morgan fingerprint density at radius 3 is 2.55 bits per heavy atom. The molecule has 0 bridgehead atoms. The van der Waals surface area contributed by atoms with Crippen LogP contribution < -0.4 is 5.73 Å². The molecule has 0 amide bonds. The van der Waals surface area contributed by atoms with Crippen molar-refractivity contribution in [3.63, 3.8) is 0 Å². The molecule has 2 aromatic rings. The summed E-state index contributed by atoms with van der Waals surface area (Å²) >= 11 is 1.69. The standard InChI is InChI=1S/C16H17NO2S/c1-11-4-3-5-14(15(11)17)20-10-12-6-8-13(9-7-12)16(18)19-2/h3-9H,10,17H2,1-2H3. The van der Waals surface area contributed by atoms with Crippen molar-refractivity contribution >= 4 is 23.4 Å². The van der Waals surface area contributed by atoms with Crippen LogP contribution in [0.4, 0.5) is 5.69 Å². The van der Waals surface area contributed by atoms with Gasteiger partial charge in [-0.25, -0.2) is 4.79 Å². The van der Waals surface area contributed by atoms with Gasteiger partial charge in [-0.15, -0.1) is 11.8 Å². The highest BCUT2D eigenvalue weighted by Crippen LogP contribution is 2.30. The lowest BCUT2D eigenvalue weighted by Gasteiger charge is -2.08.